The summed E-state index contributed by atoms with van der Waals surface area (Å²) in [6.07, 6.45) is -1.31. The first-order chi connectivity index (χ1) is 16.4. The fraction of sp³-hybridized carbons (Fsp3) is 0.714. The number of amides is 2. The molecule has 2 unspecified atom stereocenters. The predicted octanol–water partition coefficient (Wildman–Crippen LogP) is 6.44. The lowest BCUT2D eigenvalue weighted by molar-refractivity contribution is -0.177. The van der Waals surface area contributed by atoms with Crippen molar-refractivity contribution in [2.24, 2.45) is 5.92 Å². The van der Waals surface area contributed by atoms with Crippen molar-refractivity contribution in [1.29, 1.82) is 0 Å². The van der Waals surface area contributed by atoms with Crippen LogP contribution in [0.25, 0.3) is 0 Å². The molecule has 36 heavy (non-hydrogen) atoms. The van der Waals surface area contributed by atoms with Gasteiger partial charge in [0.15, 0.2) is 14.1 Å². The second-order valence-electron chi connectivity index (χ2n) is 12.5. The van der Waals surface area contributed by atoms with Gasteiger partial charge in [0.1, 0.15) is 17.8 Å². The highest BCUT2D eigenvalue weighted by atomic mass is 28.4. The Morgan fingerprint density at radius 3 is 2.28 bits per heavy atom. The highest BCUT2D eigenvalue weighted by Crippen LogP contribution is 2.47. The number of hydrogen-bond donors (Lipinski definition) is 0. The molecule has 2 heterocycles. The van der Waals surface area contributed by atoms with Crippen LogP contribution in [0.4, 0.5) is 4.79 Å². The Kier molecular flexibility index (Phi) is 7.89. The second-order valence-corrected chi connectivity index (χ2v) is 17.2. The van der Waals surface area contributed by atoms with Crippen molar-refractivity contribution in [2.75, 3.05) is 0 Å². The smallest absolute Gasteiger partial charge is 0.417 e. The van der Waals surface area contributed by atoms with Gasteiger partial charge < -0.3 is 18.6 Å². The van der Waals surface area contributed by atoms with Crippen LogP contribution >= 0.6 is 0 Å². The van der Waals surface area contributed by atoms with Crippen LogP contribution in [0.1, 0.15) is 80.4 Å². The Morgan fingerprint density at radius 2 is 1.75 bits per heavy atom. The topological polar surface area (TPSA) is 74.3 Å². The zero-order chi connectivity index (χ0) is 27.3. The van der Waals surface area contributed by atoms with Crippen LogP contribution in [0, 0.1) is 5.92 Å². The molecule has 0 saturated carbocycles. The van der Waals surface area contributed by atoms with Gasteiger partial charge in [0.2, 0.25) is 5.91 Å². The van der Waals surface area contributed by atoms with Gasteiger partial charge in [-0.3, -0.25) is 4.79 Å². The first kappa shape index (κ1) is 28.8. The van der Waals surface area contributed by atoms with Crippen LogP contribution in [0.5, 0.6) is 0 Å². The Bertz CT molecular complexity index is 959. The van der Waals surface area contributed by atoms with Crippen molar-refractivity contribution in [3.63, 3.8) is 0 Å². The lowest BCUT2D eigenvalue weighted by Crippen LogP contribution is -2.58. The Hall–Kier alpha value is -1.74. The third-order valence-electron chi connectivity index (χ3n) is 8.17. The molecule has 2 aliphatic heterocycles. The minimum Gasteiger partial charge on any atom is -0.439 e. The maximum absolute atomic E-state index is 13.8. The molecule has 6 atom stereocenters. The van der Waals surface area contributed by atoms with Crippen molar-refractivity contribution >= 4 is 20.3 Å². The summed E-state index contributed by atoms with van der Waals surface area (Å²) in [6.45, 7) is 22.5. The highest BCUT2D eigenvalue weighted by Gasteiger charge is 2.60. The number of carbonyl (C=O) groups is 2. The first-order valence-corrected chi connectivity index (χ1v) is 16.0. The van der Waals surface area contributed by atoms with Crippen molar-refractivity contribution in [3.8, 4) is 0 Å². The molecule has 0 aromatic heterocycles. The van der Waals surface area contributed by atoms with Crippen molar-refractivity contribution in [1.82, 2.24) is 4.90 Å². The van der Waals surface area contributed by atoms with E-state index in [9.17, 15) is 9.59 Å². The molecular formula is C28H45NO6Si. The van der Waals surface area contributed by atoms with Crippen LogP contribution in [-0.4, -0.2) is 54.9 Å². The summed E-state index contributed by atoms with van der Waals surface area (Å²) in [6, 6.07) is 9.07. The molecule has 202 valence electrons. The van der Waals surface area contributed by atoms with Crippen LogP contribution in [0.15, 0.2) is 30.3 Å². The molecule has 0 N–H and O–H groups in total. The summed E-state index contributed by atoms with van der Waals surface area (Å²) in [7, 11) is -2.14. The number of ether oxygens (including phenoxy) is 3. The van der Waals surface area contributed by atoms with E-state index in [0.717, 1.165) is 5.56 Å². The molecule has 7 nitrogen and oxygen atoms in total. The van der Waals surface area contributed by atoms with Gasteiger partial charge in [0, 0.05) is 0 Å². The van der Waals surface area contributed by atoms with Gasteiger partial charge in [-0.25, -0.2) is 9.69 Å². The van der Waals surface area contributed by atoms with Crippen LogP contribution in [-0.2, 0) is 23.4 Å². The molecule has 0 aliphatic carbocycles. The van der Waals surface area contributed by atoms with Gasteiger partial charge in [0.25, 0.3) is 0 Å². The van der Waals surface area contributed by atoms with Gasteiger partial charge in [-0.15, -0.1) is 0 Å². The van der Waals surface area contributed by atoms with Crippen molar-refractivity contribution in [2.45, 2.75) is 123 Å². The van der Waals surface area contributed by atoms with E-state index in [-0.39, 0.29) is 17.0 Å². The predicted molar refractivity (Wildman–Crippen MR) is 142 cm³/mol. The van der Waals surface area contributed by atoms with E-state index in [4.69, 9.17) is 18.6 Å². The summed E-state index contributed by atoms with van der Waals surface area (Å²) in [5.41, 5.74) is -0.0179. The number of nitrogens with zero attached hydrogens (tertiary/aromatic N) is 1. The van der Waals surface area contributed by atoms with E-state index >= 15 is 0 Å². The fourth-order valence-corrected chi connectivity index (χ4v) is 6.68. The van der Waals surface area contributed by atoms with Crippen molar-refractivity contribution < 1.29 is 28.2 Å². The third kappa shape index (κ3) is 5.28. The van der Waals surface area contributed by atoms with Crippen LogP contribution in [0.2, 0.25) is 18.1 Å². The lowest BCUT2D eigenvalue weighted by atomic mass is 9.83. The minimum atomic E-state index is -2.14. The van der Waals surface area contributed by atoms with E-state index in [2.05, 4.69) is 40.8 Å². The molecule has 2 aliphatic rings. The minimum absolute atomic E-state index is 0.0177. The lowest BCUT2D eigenvalue weighted by Gasteiger charge is -2.45. The Labute approximate surface area is 217 Å². The van der Waals surface area contributed by atoms with E-state index < -0.39 is 50.0 Å². The number of rotatable bonds is 7. The van der Waals surface area contributed by atoms with Gasteiger partial charge in [-0.2, -0.15) is 0 Å². The van der Waals surface area contributed by atoms with Gasteiger partial charge >= 0.3 is 6.09 Å². The normalized spacial score (nSPS) is 30.2. The molecular weight excluding hydrogens is 474 g/mol. The highest BCUT2D eigenvalue weighted by molar-refractivity contribution is 6.74. The van der Waals surface area contributed by atoms with Crippen LogP contribution < -0.4 is 0 Å². The van der Waals surface area contributed by atoms with Gasteiger partial charge in [0.05, 0.1) is 18.1 Å². The molecule has 3 rings (SSSR count). The van der Waals surface area contributed by atoms with Gasteiger partial charge in [-0.1, -0.05) is 65.0 Å². The maximum Gasteiger partial charge on any atom is 0.417 e. The molecule has 8 heteroatoms. The van der Waals surface area contributed by atoms with Gasteiger partial charge in [-0.05, 0) is 57.8 Å². The SMILES string of the molecule is CC[C@@H](O[Si](C)(C)C(C)(C)C)[C@@]1(C)OC(C)(C)O[C@@H]1[C@@H](C)C(=O)N1C(=O)OC(c2ccccc2)C1C. The molecule has 1 aromatic rings. The molecule has 2 amide bonds. The molecule has 1 aromatic carbocycles. The van der Waals surface area contributed by atoms with Crippen molar-refractivity contribution in [3.05, 3.63) is 35.9 Å². The number of cyclic esters (lactones) is 1. The quantitative estimate of drug-likeness (QED) is 0.386. The first-order valence-electron chi connectivity index (χ1n) is 13.1. The average Bonchev–Trinajstić information content (AvgIpc) is 3.22. The standard InChI is InChI=1S/C28H45NO6Si/c1-12-21(34-36(10,11)26(4,5)6)28(9)23(33-27(7,8)35-28)18(2)24(30)29-19(3)22(32-25(29)31)20-16-14-13-15-17-20/h13-19,21-23H,12H2,1-11H3/t18-,19?,21-,22?,23-,28-/m1/s1. The summed E-state index contributed by atoms with van der Waals surface area (Å²) in [5.74, 6) is -1.88. The Morgan fingerprint density at radius 1 is 1.17 bits per heavy atom. The summed E-state index contributed by atoms with van der Waals surface area (Å²) >= 11 is 0. The molecule has 2 fully saturated rings. The number of benzene rings is 1. The maximum atomic E-state index is 13.8. The van der Waals surface area contributed by atoms with E-state index in [1.807, 2.05) is 65.0 Å². The zero-order valence-electron chi connectivity index (χ0n) is 23.9. The average molecular weight is 520 g/mol. The van der Waals surface area contributed by atoms with E-state index in [0.29, 0.717) is 6.42 Å². The van der Waals surface area contributed by atoms with Crippen LogP contribution in [0.3, 0.4) is 0 Å². The largest absolute Gasteiger partial charge is 0.439 e. The van der Waals surface area contributed by atoms with E-state index in [1.165, 1.54) is 4.90 Å². The third-order valence-corrected chi connectivity index (χ3v) is 12.7. The number of carbonyl (C=O) groups excluding carboxylic acids is 2. The number of hydrogen-bond acceptors (Lipinski definition) is 6. The Balaban J connectivity index is 1.90. The molecule has 0 radical (unpaired) electrons. The second kappa shape index (κ2) is 9.85. The summed E-state index contributed by atoms with van der Waals surface area (Å²) in [5, 5.41) is 0.0177. The summed E-state index contributed by atoms with van der Waals surface area (Å²) in [4.78, 5) is 28.0. The molecule has 0 spiro atoms. The number of imide groups is 1. The monoisotopic (exact) mass is 519 g/mol. The molecule has 2 saturated heterocycles. The fourth-order valence-electron chi connectivity index (χ4n) is 5.21. The zero-order valence-corrected chi connectivity index (χ0v) is 24.9. The van der Waals surface area contributed by atoms with E-state index in [1.54, 1.807) is 0 Å². The summed E-state index contributed by atoms with van der Waals surface area (Å²) < 4.78 is 25.4. The molecule has 0 bridgehead atoms.